The number of rotatable bonds is 3. The molecule has 1 saturated carbocycles. The van der Waals surface area contributed by atoms with Crippen LogP contribution >= 0.6 is 0 Å². The maximum absolute atomic E-state index is 12.6. The highest BCUT2D eigenvalue weighted by Crippen LogP contribution is 2.30. The number of hydrogen-bond acceptors (Lipinski definition) is 4. The molecule has 2 aromatic heterocycles. The van der Waals surface area contributed by atoms with Crippen molar-refractivity contribution < 1.29 is 4.79 Å². The zero-order valence-corrected chi connectivity index (χ0v) is 12.6. The molecule has 4 rings (SSSR count). The van der Waals surface area contributed by atoms with Crippen LogP contribution in [-0.4, -0.2) is 31.5 Å². The van der Waals surface area contributed by atoms with Crippen molar-refractivity contribution in [3.8, 4) is 0 Å². The van der Waals surface area contributed by atoms with Crippen LogP contribution in [0.4, 0.5) is 0 Å². The molecule has 6 nitrogen and oxygen atoms in total. The molecule has 2 atom stereocenters. The molecule has 0 bridgehead atoms. The van der Waals surface area contributed by atoms with Gasteiger partial charge in [-0.1, -0.05) is 0 Å². The molecule has 1 amide bonds. The van der Waals surface area contributed by atoms with Gasteiger partial charge in [0, 0.05) is 36.4 Å². The maximum atomic E-state index is 12.6. The Bertz CT molecular complexity index is 830. The first-order valence-corrected chi connectivity index (χ1v) is 7.80. The van der Waals surface area contributed by atoms with Crippen LogP contribution in [0.1, 0.15) is 35.7 Å². The minimum atomic E-state index is -0.0606. The largest absolute Gasteiger partial charge is 0.347 e. The number of amides is 1. The molecule has 0 aliphatic heterocycles. The van der Waals surface area contributed by atoms with E-state index in [-0.39, 0.29) is 18.0 Å². The van der Waals surface area contributed by atoms with Gasteiger partial charge in [0.15, 0.2) is 0 Å². The first-order chi connectivity index (χ1) is 11.3. The van der Waals surface area contributed by atoms with Crippen molar-refractivity contribution >= 4 is 16.9 Å². The summed E-state index contributed by atoms with van der Waals surface area (Å²) in [7, 11) is 0. The lowest BCUT2D eigenvalue weighted by atomic mass is 10.1. The number of aromatic nitrogens is 4. The predicted molar refractivity (Wildman–Crippen MR) is 85.9 cm³/mol. The molecule has 0 unspecified atom stereocenters. The molecule has 1 fully saturated rings. The average molecular weight is 307 g/mol. The summed E-state index contributed by atoms with van der Waals surface area (Å²) in [6.45, 7) is 0. The van der Waals surface area contributed by atoms with Crippen molar-refractivity contribution in [2.24, 2.45) is 0 Å². The lowest BCUT2D eigenvalue weighted by Gasteiger charge is -2.22. The molecule has 1 aromatic carbocycles. The normalized spacial score (nSPS) is 20.7. The number of nitrogens with zero attached hydrogens (tertiary/aromatic N) is 4. The van der Waals surface area contributed by atoms with Crippen molar-refractivity contribution in [3.63, 3.8) is 0 Å². The van der Waals surface area contributed by atoms with Crippen LogP contribution in [0.2, 0.25) is 0 Å². The Morgan fingerprint density at radius 1 is 1.13 bits per heavy atom. The summed E-state index contributed by atoms with van der Waals surface area (Å²) in [5.41, 5.74) is 2.15. The van der Waals surface area contributed by atoms with E-state index in [1.165, 1.54) is 0 Å². The zero-order chi connectivity index (χ0) is 15.6. The fraction of sp³-hybridized carbons (Fsp3) is 0.294. The third kappa shape index (κ3) is 2.67. The first-order valence-electron chi connectivity index (χ1n) is 7.80. The van der Waals surface area contributed by atoms with E-state index in [9.17, 15) is 4.79 Å². The molecule has 6 heteroatoms. The zero-order valence-electron chi connectivity index (χ0n) is 12.6. The molecule has 2 heterocycles. The lowest BCUT2D eigenvalue weighted by molar-refractivity contribution is 0.0929. The highest BCUT2D eigenvalue weighted by Gasteiger charge is 2.29. The molecule has 1 aliphatic rings. The van der Waals surface area contributed by atoms with Gasteiger partial charge < -0.3 is 9.88 Å². The fourth-order valence-corrected chi connectivity index (χ4v) is 3.29. The van der Waals surface area contributed by atoms with Crippen LogP contribution in [0.3, 0.4) is 0 Å². The van der Waals surface area contributed by atoms with Crippen LogP contribution in [0.5, 0.6) is 0 Å². The number of hydrogen-bond donors (Lipinski definition) is 1. The maximum Gasteiger partial charge on any atom is 0.251 e. The molecule has 0 radical (unpaired) electrons. The summed E-state index contributed by atoms with van der Waals surface area (Å²) in [5.74, 6) is -0.0606. The summed E-state index contributed by atoms with van der Waals surface area (Å²) in [4.78, 5) is 25.2. The number of carbonyl (C=O) groups excluding carboxylic acids is 1. The second kappa shape index (κ2) is 5.79. The molecule has 3 aromatic rings. The minimum Gasteiger partial charge on any atom is -0.347 e. The van der Waals surface area contributed by atoms with E-state index in [2.05, 4.69) is 24.8 Å². The van der Waals surface area contributed by atoms with E-state index in [1.54, 1.807) is 30.7 Å². The SMILES string of the molecule is O=C(N[C@@H]1CCC[C@@H]1n1ccnc1)c1ccc2nccnc2c1. The van der Waals surface area contributed by atoms with E-state index in [0.717, 1.165) is 30.3 Å². The number of imidazole rings is 1. The predicted octanol–water partition coefficient (Wildman–Crippen LogP) is 2.35. The van der Waals surface area contributed by atoms with Gasteiger partial charge in [-0.25, -0.2) is 4.98 Å². The van der Waals surface area contributed by atoms with E-state index >= 15 is 0 Å². The second-order valence-electron chi connectivity index (χ2n) is 5.85. The summed E-state index contributed by atoms with van der Waals surface area (Å²) in [6, 6.07) is 5.84. The van der Waals surface area contributed by atoms with Gasteiger partial charge >= 0.3 is 0 Å². The third-order valence-electron chi connectivity index (χ3n) is 4.44. The Balaban J connectivity index is 1.54. The van der Waals surface area contributed by atoms with Gasteiger partial charge in [0.05, 0.1) is 23.4 Å². The smallest absolute Gasteiger partial charge is 0.251 e. The highest BCUT2D eigenvalue weighted by molar-refractivity contribution is 5.97. The molecular formula is C17H17N5O. The van der Waals surface area contributed by atoms with Gasteiger partial charge in [-0.15, -0.1) is 0 Å². The van der Waals surface area contributed by atoms with E-state index in [4.69, 9.17) is 0 Å². The van der Waals surface area contributed by atoms with Gasteiger partial charge in [0.2, 0.25) is 0 Å². The minimum absolute atomic E-state index is 0.0606. The second-order valence-corrected chi connectivity index (χ2v) is 5.85. The number of fused-ring (bicyclic) bond motifs is 1. The lowest BCUT2D eigenvalue weighted by Crippen LogP contribution is -2.38. The van der Waals surface area contributed by atoms with Gasteiger partial charge in [-0.2, -0.15) is 0 Å². The first kappa shape index (κ1) is 13.9. The van der Waals surface area contributed by atoms with Crippen molar-refractivity contribution in [2.75, 3.05) is 0 Å². The van der Waals surface area contributed by atoms with Gasteiger partial charge in [0.1, 0.15) is 0 Å². The Kier molecular flexibility index (Phi) is 3.49. The van der Waals surface area contributed by atoms with Crippen molar-refractivity contribution in [1.29, 1.82) is 0 Å². The van der Waals surface area contributed by atoms with E-state index in [1.807, 2.05) is 18.6 Å². The summed E-state index contributed by atoms with van der Waals surface area (Å²) in [6.07, 6.45) is 12.0. The highest BCUT2D eigenvalue weighted by atomic mass is 16.1. The van der Waals surface area contributed by atoms with Crippen LogP contribution in [-0.2, 0) is 0 Å². The Hall–Kier alpha value is -2.76. The topological polar surface area (TPSA) is 72.7 Å². The monoisotopic (exact) mass is 307 g/mol. The number of benzene rings is 1. The fourth-order valence-electron chi connectivity index (χ4n) is 3.29. The van der Waals surface area contributed by atoms with Gasteiger partial charge in [0.25, 0.3) is 5.91 Å². The van der Waals surface area contributed by atoms with Crippen molar-refractivity contribution in [3.05, 3.63) is 54.9 Å². The Labute approximate surface area is 133 Å². The van der Waals surface area contributed by atoms with E-state index < -0.39 is 0 Å². The molecule has 0 saturated heterocycles. The molecule has 1 aliphatic carbocycles. The molecule has 116 valence electrons. The van der Waals surface area contributed by atoms with Crippen molar-refractivity contribution in [1.82, 2.24) is 24.8 Å². The van der Waals surface area contributed by atoms with Crippen LogP contribution < -0.4 is 5.32 Å². The molecule has 23 heavy (non-hydrogen) atoms. The summed E-state index contributed by atoms with van der Waals surface area (Å²) >= 11 is 0. The Morgan fingerprint density at radius 2 is 2.00 bits per heavy atom. The molecule has 1 N–H and O–H groups in total. The number of nitrogens with one attached hydrogen (secondary N) is 1. The van der Waals surface area contributed by atoms with Crippen LogP contribution in [0, 0.1) is 0 Å². The standard InChI is InChI=1S/C17H17N5O/c23-17(12-4-5-13-15(10-12)20-7-6-19-13)21-14-2-1-3-16(14)22-9-8-18-11-22/h4-11,14,16H,1-3H2,(H,21,23)/t14-,16+/m1/s1. The van der Waals surface area contributed by atoms with Gasteiger partial charge in [-0.3, -0.25) is 14.8 Å². The van der Waals surface area contributed by atoms with Crippen molar-refractivity contribution in [2.45, 2.75) is 31.3 Å². The summed E-state index contributed by atoms with van der Waals surface area (Å²) < 4.78 is 2.09. The number of carbonyl (C=O) groups is 1. The van der Waals surface area contributed by atoms with Crippen LogP contribution in [0.25, 0.3) is 11.0 Å². The van der Waals surface area contributed by atoms with E-state index in [0.29, 0.717) is 5.56 Å². The quantitative estimate of drug-likeness (QED) is 0.806. The Morgan fingerprint density at radius 3 is 2.83 bits per heavy atom. The third-order valence-corrected chi connectivity index (χ3v) is 4.44. The summed E-state index contributed by atoms with van der Waals surface area (Å²) in [5, 5.41) is 3.16. The van der Waals surface area contributed by atoms with Crippen LogP contribution in [0.15, 0.2) is 49.3 Å². The average Bonchev–Trinajstić information content (AvgIpc) is 3.25. The molecule has 0 spiro atoms. The van der Waals surface area contributed by atoms with Gasteiger partial charge in [-0.05, 0) is 37.5 Å². The molecular weight excluding hydrogens is 290 g/mol.